The Morgan fingerprint density at radius 2 is 1.43 bits per heavy atom. The highest BCUT2D eigenvalue weighted by atomic mass is 16.7. The minimum absolute atomic E-state index is 0.429. The number of ether oxygens (including phenoxy) is 1. The van der Waals surface area contributed by atoms with Gasteiger partial charge in [-0.05, 0) is 38.1 Å². The van der Waals surface area contributed by atoms with Gasteiger partial charge in [-0.25, -0.2) is 0 Å². The van der Waals surface area contributed by atoms with E-state index in [1.807, 2.05) is 62.4 Å². The normalized spacial score (nSPS) is 21.1. The summed E-state index contributed by atoms with van der Waals surface area (Å²) >= 11 is 0. The zero-order chi connectivity index (χ0) is 15.0. The molecule has 4 heteroatoms. The van der Waals surface area contributed by atoms with E-state index in [4.69, 9.17) is 4.74 Å². The van der Waals surface area contributed by atoms with Crippen LogP contribution in [0, 0.1) is 13.8 Å². The predicted octanol–water partition coefficient (Wildman–Crippen LogP) is 3.28. The number of rotatable bonds is 2. The highest BCUT2D eigenvalue weighted by molar-refractivity contribution is 5.78. The molecule has 1 aliphatic heterocycles. The van der Waals surface area contributed by atoms with Crippen LogP contribution >= 0.6 is 0 Å². The first-order valence-electron chi connectivity index (χ1n) is 6.90. The largest absolute Gasteiger partial charge is 0.424 e. The third-order valence-corrected chi connectivity index (χ3v) is 3.52. The van der Waals surface area contributed by atoms with Crippen LogP contribution < -0.4 is 5.01 Å². The van der Waals surface area contributed by atoms with Crippen molar-refractivity contribution in [2.75, 3.05) is 5.01 Å². The van der Waals surface area contributed by atoms with Crippen molar-refractivity contribution in [1.82, 2.24) is 0 Å². The summed E-state index contributed by atoms with van der Waals surface area (Å²) in [5.74, 6) is -1.17. The Hall–Kier alpha value is -2.33. The Labute approximate surface area is 124 Å². The van der Waals surface area contributed by atoms with Gasteiger partial charge in [0, 0.05) is 12.5 Å². The molecule has 1 aliphatic rings. The van der Waals surface area contributed by atoms with E-state index in [2.05, 4.69) is 5.10 Å². The Kier molecular flexibility index (Phi) is 3.18. The van der Waals surface area contributed by atoms with Gasteiger partial charge in [-0.3, -0.25) is 0 Å². The molecule has 2 aromatic carbocycles. The first-order chi connectivity index (χ1) is 9.99. The van der Waals surface area contributed by atoms with Crippen LogP contribution in [0.2, 0.25) is 0 Å². The number of anilines is 1. The van der Waals surface area contributed by atoms with Gasteiger partial charge in [-0.2, -0.15) is 5.01 Å². The van der Waals surface area contributed by atoms with E-state index in [0.29, 0.717) is 11.5 Å². The second kappa shape index (κ2) is 4.90. The number of aryl methyl sites for hydroxylation is 2. The first-order valence-corrected chi connectivity index (χ1v) is 6.90. The minimum Gasteiger partial charge on any atom is -0.424 e. The molecule has 0 aromatic heterocycles. The van der Waals surface area contributed by atoms with Crippen LogP contribution in [0.3, 0.4) is 0 Å². The lowest BCUT2D eigenvalue weighted by molar-refractivity contribution is -0.142. The van der Waals surface area contributed by atoms with Gasteiger partial charge in [-0.15, -0.1) is 5.10 Å². The van der Waals surface area contributed by atoms with Crippen molar-refractivity contribution in [3.63, 3.8) is 0 Å². The zero-order valence-corrected chi connectivity index (χ0v) is 12.4. The average molecular weight is 282 g/mol. The molecule has 2 aromatic rings. The van der Waals surface area contributed by atoms with Crippen molar-refractivity contribution in [3.05, 3.63) is 65.2 Å². The van der Waals surface area contributed by atoms with Crippen LogP contribution in [-0.2, 0) is 10.6 Å². The Balaban J connectivity index is 2.04. The highest BCUT2D eigenvalue weighted by Crippen LogP contribution is 2.36. The third-order valence-electron chi connectivity index (χ3n) is 3.52. The van der Waals surface area contributed by atoms with Gasteiger partial charge in [0.15, 0.2) is 0 Å². The monoisotopic (exact) mass is 282 g/mol. The quantitative estimate of drug-likeness (QED) is 0.919. The lowest BCUT2D eigenvalue weighted by atomic mass is 10.1. The standard InChI is InChI=1S/C17H18N2O2/c1-12-4-8-15(9-5-12)17(20)19(18-14(3)21-17)16-10-6-13(2)7-11-16/h4-11,20H,1-3H3. The molecule has 0 aliphatic carbocycles. The predicted molar refractivity (Wildman–Crippen MR) is 82.9 cm³/mol. The van der Waals surface area contributed by atoms with E-state index in [1.54, 1.807) is 6.92 Å². The molecule has 0 fully saturated rings. The van der Waals surface area contributed by atoms with E-state index in [9.17, 15) is 5.11 Å². The molecule has 1 atom stereocenters. The molecule has 21 heavy (non-hydrogen) atoms. The molecule has 0 spiro atoms. The van der Waals surface area contributed by atoms with E-state index in [1.165, 1.54) is 5.01 Å². The van der Waals surface area contributed by atoms with E-state index in [0.717, 1.165) is 16.8 Å². The number of hydrogen-bond donors (Lipinski definition) is 1. The summed E-state index contributed by atoms with van der Waals surface area (Å²) in [4.78, 5) is 0. The number of hydrogen-bond acceptors (Lipinski definition) is 4. The van der Waals surface area contributed by atoms with Crippen molar-refractivity contribution in [3.8, 4) is 0 Å². The molecule has 0 saturated carbocycles. The summed E-state index contributed by atoms with van der Waals surface area (Å²) < 4.78 is 5.60. The van der Waals surface area contributed by atoms with Crippen LogP contribution in [0.5, 0.6) is 0 Å². The van der Waals surface area contributed by atoms with Crippen molar-refractivity contribution in [2.24, 2.45) is 5.10 Å². The number of hydrazone groups is 1. The third kappa shape index (κ3) is 2.38. The fraction of sp³-hybridized carbons (Fsp3) is 0.235. The maximum absolute atomic E-state index is 11.0. The summed E-state index contributed by atoms with van der Waals surface area (Å²) in [6, 6.07) is 15.4. The van der Waals surface area contributed by atoms with Crippen LogP contribution in [-0.4, -0.2) is 11.0 Å². The zero-order valence-electron chi connectivity index (χ0n) is 12.4. The van der Waals surface area contributed by atoms with Gasteiger partial charge in [0.05, 0.1) is 5.69 Å². The molecule has 1 unspecified atom stereocenters. The molecule has 0 amide bonds. The number of benzene rings is 2. The second-order valence-corrected chi connectivity index (χ2v) is 5.34. The van der Waals surface area contributed by atoms with Crippen molar-refractivity contribution in [2.45, 2.75) is 26.7 Å². The van der Waals surface area contributed by atoms with Crippen molar-refractivity contribution in [1.29, 1.82) is 0 Å². The van der Waals surface area contributed by atoms with Crippen molar-refractivity contribution >= 4 is 11.6 Å². The fourth-order valence-corrected chi connectivity index (χ4v) is 2.35. The maximum atomic E-state index is 11.0. The Morgan fingerprint density at radius 1 is 0.905 bits per heavy atom. The van der Waals surface area contributed by atoms with E-state index in [-0.39, 0.29) is 0 Å². The summed E-state index contributed by atoms with van der Waals surface area (Å²) in [6.07, 6.45) is 0. The lowest BCUT2D eigenvalue weighted by Crippen LogP contribution is -2.41. The molecule has 3 rings (SSSR count). The van der Waals surface area contributed by atoms with Crippen LogP contribution in [0.4, 0.5) is 5.69 Å². The summed E-state index contributed by atoms with van der Waals surface area (Å²) in [6.45, 7) is 5.75. The van der Waals surface area contributed by atoms with Crippen LogP contribution in [0.25, 0.3) is 0 Å². The molecular weight excluding hydrogens is 264 g/mol. The summed E-state index contributed by atoms with van der Waals surface area (Å²) in [5, 5.41) is 16.8. The molecule has 4 nitrogen and oxygen atoms in total. The minimum atomic E-state index is -1.60. The van der Waals surface area contributed by atoms with Gasteiger partial charge in [-0.1, -0.05) is 35.4 Å². The van der Waals surface area contributed by atoms with Crippen molar-refractivity contribution < 1.29 is 9.84 Å². The molecule has 0 bridgehead atoms. The van der Waals surface area contributed by atoms with Crippen LogP contribution in [0.1, 0.15) is 23.6 Å². The molecule has 1 N–H and O–H groups in total. The van der Waals surface area contributed by atoms with E-state index < -0.39 is 5.91 Å². The fourth-order valence-electron chi connectivity index (χ4n) is 2.35. The second-order valence-electron chi connectivity index (χ2n) is 5.34. The summed E-state index contributed by atoms with van der Waals surface area (Å²) in [7, 11) is 0. The summed E-state index contributed by atoms with van der Waals surface area (Å²) in [5.41, 5.74) is 3.70. The van der Waals surface area contributed by atoms with Gasteiger partial charge in [0.2, 0.25) is 5.90 Å². The molecule has 0 saturated heterocycles. The topological polar surface area (TPSA) is 45.1 Å². The lowest BCUT2D eigenvalue weighted by Gasteiger charge is -2.31. The molecule has 1 heterocycles. The van der Waals surface area contributed by atoms with Gasteiger partial charge in [0.25, 0.3) is 0 Å². The molecule has 0 radical (unpaired) electrons. The number of nitrogens with zero attached hydrogens (tertiary/aromatic N) is 2. The number of aliphatic hydroxyl groups is 1. The Morgan fingerprint density at radius 3 is 2.00 bits per heavy atom. The van der Waals surface area contributed by atoms with E-state index >= 15 is 0 Å². The highest BCUT2D eigenvalue weighted by Gasteiger charge is 2.44. The maximum Gasteiger partial charge on any atom is 0.341 e. The molecular formula is C17H18N2O2. The molecule has 108 valence electrons. The SMILES string of the molecule is CC1=NN(c2ccc(C)cc2)C(O)(c2ccc(C)cc2)O1. The average Bonchev–Trinajstić information content (AvgIpc) is 2.76. The van der Waals surface area contributed by atoms with Crippen LogP contribution in [0.15, 0.2) is 53.6 Å². The van der Waals surface area contributed by atoms with Gasteiger partial charge < -0.3 is 9.84 Å². The first kappa shape index (κ1) is 13.6. The Bertz CT molecular complexity index is 677. The smallest absolute Gasteiger partial charge is 0.341 e. The van der Waals surface area contributed by atoms with Gasteiger partial charge >= 0.3 is 5.91 Å². The van der Waals surface area contributed by atoms with Gasteiger partial charge in [0.1, 0.15) is 0 Å².